The molecule has 0 aliphatic heterocycles. The van der Waals surface area contributed by atoms with E-state index in [1.807, 2.05) is 42.5 Å². The fourth-order valence-electron chi connectivity index (χ4n) is 3.56. The van der Waals surface area contributed by atoms with Crippen LogP contribution in [0.1, 0.15) is 15.9 Å². The Hall–Kier alpha value is -3.88. The number of para-hydroxylation sites is 1. The molecule has 0 aliphatic rings. The van der Waals surface area contributed by atoms with Gasteiger partial charge >= 0.3 is 0 Å². The number of rotatable bonds is 10. The summed E-state index contributed by atoms with van der Waals surface area (Å²) in [6, 6.07) is 27.1. The molecule has 4 rings (SSSR count). The Labute approximate surface area is 204 Å². The first-order chi connectivity index (χ1) is 17.0. The molecule has 7 nitrogen and oxygen atoms in total. The average molecular weight is 491 g/mol. The second-order valence-electron chi connectivity index (χ2n) is 7.79. The van der Waals surface area contributed by atoms with Gasteiger partial charge < -0.3 is 14.8 Å². The number of carbonyl (C=O) groups excluding carboxylic acids is 1. The summed E-state index contributed by atoms with van der Waals surface area (Å²) in [7, 11) is -2.32. The fourth-order valence-corrected chi connectivity index (χ4v) is 4.75. The predicted molar refractivity (Wildman–Crippen MR) is 135 cm³/mol. The number of hydrogen-bond donors (Lipinski definition) is 2. The molecule has 0 fully saturated rings. The van der Waals surface area contributed by atoms with Crippen molar-refractivity contribution in [3.8, 4) is 11.5 Å². The monoisotopic (exact) mass is 490 g/mol. The molecule has 0 spiro atoms. The zero-order valence-corrected chi connectivity index (χ0v) is 20.0. The fraction of sp³-hybridized carbons (Fsp3) is 0.148. The van der Waals surface area contributed by atoms with Crippen molar-refractivity contribution >= 4 is 26.7 Å². The Balaban J connectivity index is 1.26. The first-order valence-electron chi connectivity index (χ1n) is 11.1. The summed E-state index contributed by atoms with van der Waals surface area (Å²) < 4.78 is 38.7. The van der Waals surface area contributed by atoms with Crippen LogP contribution in [0, 0.1) is 0 Å². The minimum atomic E-state index is -3.75. The van der Waals surface area contributed by atoms with Gasteiger partial charge in [0.25, 0.3) is 5.91 Å². The van der Waals surface area contributed by atoms with Gasteiger partial charge in [0, 0.05) is 12.1 Å². The minimum absolute atomic E-state index is 0.0735. The van der Waals surface area contributed by atoms with E-state index in [4.69, 9.17) is 9.47 Å². The normalized spacial score (nSPS) is 11.2. The topological polar surface area (TPSA) is 93.7 Å². The number of benzene rings is 4. The minimum Gasteiger partial charge on any atom is -0.495 e. The lowest BCUT2D eigenvalue weighted by atomic mass is 10.1. The Morgan fingerprint density at radius 2 is 1.57 bits per heavy atom. The van der Waals surface area contributed by atoms with Gasteiger partial charge in [-0.1, -0.05) is 54.6 Å². The van der Waals surface area contributed by atoms with E-state index in [0.29, 0.717) is 18.7 Å². The Morgan fingerprint density at radius 1 is 0.857 bits per heavy atom. The van der Waals surface area contributed by atoms with Gasteiger partial charge in [0.2, 0.25) is 10.0 Å². The van der Waals surface area contributed by atoms with E-state index in [0.717, 1.165) is 22.1 Å². The molecule has 0 heterocycles. The number of hydrogen-bond acceptors (Lipinski definition) is 5. The number of sulfonamides is 1. The lowest BCUT2D eigenvalue weighted by Crippen LogP contribution is -2.28. The largest absolute Gasteiger partial charge is 0.495 e. The maximum atomic E-state index is 12.6. The number of ether oxygens (including phenoxy) is 2. The highest BCUT2D eigenvalue weighted by Gasteiger charge is 2.18. The Morgan fingerprint density at radius 3 is 2.34 bits per heavy atom. The number of amides is 1. The quantitative estimate of drug-likeness (QED) is 0.326. The summed E-state index contributed by atoms with van der Waals surface area (Å²) in [5.74, 6) is 0.794. The first kappa shape index (κ1) is 24.3. The van der Waals surface area contributed by atoms with E-state index in [1.165, 1.54) is 13.2 Å². The van der Waals surface area contributed by atoms with Crippen LogP contribution in [0.2, 0.25) is 0 Å². The third-order valence-corrected chi connectivity index (χ3v) is 6.86. The van der Waals surface area contributed by atoms with E-state index in [9.17, 15) is 13.2 Å². The van der Waals surface area contributed by atoms with Crippen LogP contribution < -0.4 is 19.5 Å². The number of fused-ring (bicyclic) bond motifs is 1. The average Bonchev–Trinajstić information content (AvgIpc) is 2.90. The molecule has 0 saturated carbocycles. The second-order valence-corrected chi connectivity index (χ2v) is 9.52. The van der Waals surface area contributed by atoms with Crippen LogP contribution in [0.25, 0.3) is 10.8 Å². The highest BCUT2D eigenvalue weighted by molar-refractivity contribution is 7.89. The number of carbonyl (C=O) groups is 1. The van der Waals surface area contributed by atoms with Gasteiger partial charge in [0.15, 0.2) is 0 Å². The summed E-state index contributed by atoms with van der Waals surface area (Å²) >= 11 is 0. The lowest BCUT2D eigenvalue weighted by molar-refractivity contribution is 0.0947. The van der Waals surface area contributed by atoms with Crippen LogP contribution in [0.3, 0.4) is 0 Å². The molecular weight excluding hydrogens is 464 g/mol. The van der Waals surface area contributed by atoms with Crippen LogP contribution in [0.15, 0.2) is 95.9 Å². The van der Waals surface area contributed by atoms with Crippen LogP contribution in [0.5, 0.6) is 11.5 Å². The van der Waals surface area contributed by atoms with E-state index >= 15 is 0 Å². The van der Waals surface area contributed by atoms with Gasteiger partial charge in [-0.05, 0) is 52.7 Å². The summed E-state index contributed by atoms with van der Waals surface area (Å²) in [6.07, 6.45) is 0. The lowest BCUT2D eigenvalue weighted by Gasteiger charge is -2.11. The summed E-state index contributed by atoms with van der Waals surface area (Å²) in [6.45, 7) is 0.779. The van der Waals surface area contributed by atoms with Crippen molar-refractivity contribution in [1.82, 2.24) is 10.0 Å². The van der Waals surface area contributed by atoms with Gasteiger partial charge in [0.05, 0.1) is 13.7 Å². The standard InChI is InChI=1S/C27H26N2O5S/c1-33-25-8-4-5-9-26(25)35(31,32)29-19-20-10-12-22(13-11-20)27(30)28-16-17-34-24-15-14-21-6-2-3-7-23(21)18-24/h2-15,18,29H,16-17,19H2,1H3,(H,28,30). The molecule has 35 heavy (non-hydrogen) atoms. The maximum absolute atomic E-state index is 12.6. The molecule has 4 aromatic carbocycles. The SMILES string of the molecule is COc1ccccc1S(=O)(=O)NCc1ccc(C(=O)NCCOc2ccc3ccccc3c2)cc1. The molecule has 0 aliphatic carbocycles. The molecular formula is C27H26N2O5S. The number of methoxy groups -OCH3 is 1. The number of nitrogens with one attached hydrogen (secondary N) is 2. The van der Waals surface area contributed by atoms with Crippen molar-refractivity contribution in [1.29, 1.82) is 0 Å². The third kappa shape index (κ3) is 6.17. The smallest absolute Gasteiger partial charge is 0.251 e. The molecule has 4 aromatic rings. The van der Waals surface area contributed by atoms with Gasteiger partial charge in [0.1, 0.15) is 23.0 Å². The van der Waals surface area contributed by atoms with E-state index < -0.39 is 10.0 Å². The molecule has 0 bridgehead atoms. The molecule has 0 atom stereocenters. The van der Waals surface area contributed by atoms with Crippen molar-refractivity contribution in [2.45, 2.75) is 11.4 Å². The third-order valence-electron chi connectivity index (χ3n) is 5.42. The molecule has 180 valence electrons. The summed E-state index contributed by atoms with van der Waals surface area (Å²) in [4.78, 5) is 12.5. The van der Waals surface area contributed by atoms with Crippen LogP contribution in [-0.4, -0.2) is 34.6 Å². The second kappa shape index (κ2) is 11.0. The maximum Gasteiger partial charge on any atom is 0.251 e. The van der Waals surface area contributed by atoms with Crippen molar-refractivity contribution in [2.75, 3.05) is 20.3 Å². The van der Waals surface area contributed by atoms with E-state index in [2.05, 4.69) is 10.0 Å². The van der Waals surface area contributed by atoms with Crippen molar-refractivity contribution in [3.63, 3.8) is 0 Å². The highest BCUT2D eigenvalue weighted by Crippen LogP contribution is 2.23. The van der Waals surface area contributed by atoms with Crippen LogP contribution in [0.4, 0.5) is 0 Å². The zero-order chi connectivity index (χ0) is 24.7. The van der Waals surface area contributed by atoms with Crippen molar-refractivity contribution in [3.05, 3.63) is 102 Å². The van der Waals surface area contributed by atoms with Gasteiger partial charge in [-0.25, -0.2) is 13.1 Å². The van der Waals surface area contributed by atoms with Crippen LogP contribution >= 0.6 is 0 Å². The molecule has 8 heteroatoms. The zero-order valence-electron chi connectivity index (χ0n) is 19.2. The van der Waals surface area contributed by atoms with Gasteiger partial charge in [-0.3, -0.25) is 4.79 Å². The first-order valence-corrected chi connectivity index (χ1v) is 12.6. The molecule has 0 unspecified atom stereocenters. The molecule has 1 amide bonds. The Kier molecular flexibility index (Phi) is 7.64. The van der Waals surface area contributed by atoms with E-state index in [1.54, 1.807) is 42.5 Å². The summed E-state index contributed by atoms with van der Waals surface area (Å²) in [5, 5.41) is 5.07. The summed E-state index contributed by atoms with van der Waals surface area (Å²) in [5.41, 5.74) is 1.20. The predicted octanol–water partition coefficient (Wildman–Crippen LogP) is 4.14. The molecule has 0 saturated heterocycles. The highest BCUT2D eigenvalue weighted by atomic mass is 32.2. The molecule has 0 aromatic heterocycles. The van der Waals surface area contributed by atoms with Crippen molar-refractivity contribution < 1.29 is 22.7 Å². The Bertz CT molecular complexity index is 1420. The van der Waals surface area contributed by atoms with E-state index in [-0.39, 0.29) is 23.1 Å². The van der Waals surface area contributed by atoms with Crippen LogP contribution in [-0.2, 0) is 16.6 Å². The molecule has 0 radical (unpaired) electrons. The van der Waals surface area contributed by atoms with Gasteiger partial charge in [-0.15, -0.1) is 0 Å². The molecule has 2 N–H and O–H groups in total. The van der Waals surface area contributed by atoms with Crippen molar-refractivity contribution in [2.24, 2.45) is 0 Å². The van der Waals surface area contributed by atoms with Gasteiger partial charge in [-0.2, -0.15) is 0 Å².